The van der Waals surface area contributed by atoms with Gasteiger partial charge in [-0.2, -0.15) is 0 Å². The fraction of sp³-hybridized carbons (Fsp3) is 0.182. The van der Waals surface area contributed by atoms with Crippen molar-refractivity contribution in [3.05, 3.63) is 42.0 Å². The van der Waals surface area contributed by atoms with E-state index in [1.807, 2.05) is 20.2 Å². The number of hydrogen-bond acceptors (Lipinski definition) is 2. The molecule has 0 bridgehead atoms. The van der Waals surface area contributed by atoms with Gasteiger partial charge >= 0.3 is 6.01 Å². The normalized spacial score (nSPS) is 10.3. The minimum absolute atomic E-state index is 0.321. The molecule has 0 N–H and O–H groups in total. The third-order valence-corrected chi connectivity index (χ3v) is 1.96. The number of ether oxygens (including phenoxy) is 1. The van der Waals surface area contributed by atoms with Gasteiger partial charge in [0.15, 0.2) is 0 Å². The van der Waals surface area contributed by atoms with Gasteiger partial charge in [0.2, 0.25) is 0 Å². The highest BCUT2D eigenvalue weighted by atomic mass is 19.1. The zero-order chi connectivity index (χ0) is 10.8. The molecular formula is C11H11FN2O. The van der Waals surface area contributed by atoms with Crippen molar-refractivity contribution in [2.75, 3.05) is 0 Å². The molecule has 1 aromatic carbocycles. The second kappa shape index (κ2) is 3.73. The highest BCUT2D eigenvalue weighted by Crippen LogP contribution is 2.20. The Bertz CT molecular complexity index is 479. The first-order valence-corrected chi connectivity index (χ1v) is 4.58. The van der Waals surface area contributed by atoms with Gasteiger partial charge in [0.25, 0.3) is 0 Å². The van der Waals surface area contributed by atoms with Crippen LogP contribution >= 0.6 is 0 Å². The van der Waals surface area contributed by atoms with E-state index in [0.29, 0.717) is 11.8 Å². The molecule has 2 aromatic rings. The van der Waals surface area contributed by atoms with Gasteiger partial charge in [0.05, 0.1) is 5.69 Å². The lowest BCUT2D eigenvalue weighted by molar-refractivity contribution is 0.421. The van der Waals surface area contributed by atoms with Gasteiger partial charge in [-0.25, -0.2) is 9.37 Å². The number of aromatic nitrogens is 2. The monoisotopic (exact) mass is 206 g/mol. The fourth-order valence-corrected chi connectivity index (χ4v) is 1.32. The Morgan fingerprint density at radius 3 is 2.80 bits per heavy atom. The molecule has 0 aliphatic rings. The lowest BCUT2D eigenvalue weighted by Crippen LogP contribution is -1.93. The van der Waals surface area contributed by atoms with Gasteiger partial charge in [0, 0.05) is 19.3 Å². The van der Waals surface area contributed by atoms with Crippen molar-refractivity contribution in [1.29, 1.82) is 0 Å². The van der Waals surface area contributed by atoms with Crippen molar-refractivity contribution in [2.45, 2.75) is 6.92 Å². The summed E-state index contributed by atoms with van der Waals surface area (Å²) in [4.78, 5) is 4.15. The van der Waals surface area contributed by atoms with Crippen molar-refractivity contribution in [3.63, 3.8) is 0 Å². The predicted molar refractivity (Wildman–Crippen MR) is 54.4 cm³/mol. The van der Waals surface area contributed by atoms with Crippen molar-refractivity contribution in [3.8, 4) is 11.8 Å². The topological polar surface area (TPSA) is 27.1 Å². The average molecular weight is 206 g/mol. The molecule has 15 heavy (non-hydrogen) atoms. The summed E-state index contributed by atoms with van der Waals surface area (Å²) in [6.07, 6.45) is 1.84. The lowest BCUT2D eigenvalue weighted by Gasteiger charge is -2.03. The van der Waals surface area contributed by atoms with E-state index >= 15 is 0 Å². The molecule has 0 atom stereocenters. The van der Waals surface area contributed by atoms with Gasteiger partial charge in [-0.1, -0.05) is 6.07 Å². The van der Waals surface area contributed by atoms with Crippen LogP contribution in [0.1, 0.15) is 5.69 Å². The number of hydrogen-bond donors (Lipinski definition) is 0. The molecule has 0 radical (unpaired) electrons. The molecular weight excluding hydrogens is 195 g/mol. The van der Waals surface area contributed by atoms with E-state index in [9.17, 15) is 4.39 Å². The Balaban J connectivity index is 2.25. The van der Waals surface area contributed by atoms with Crippen LogP contribution in [0.25, 0.3) is 0 Å². The Labute approximate surface area is 87.1 Å². The van der Waals surface area contributed by atoms with Crippen LogP contribution in [0.15, 0.2) is 30.5 Å². The van der Waals surface area contributed by atoms with Crippen molar-refractivity contribution < 1.29 is 9.13 Å². The number of benzene rings is 1. The smallest absolute Gasteiger partial charge is 0.301 e. The summed E-state index contributed by atoms with van der Waals surface area (Å²) in [5.74, 6) is 0.127. The highest BCUT2D eigenvalue weighted by Gasteiger charge is 2.05. The second-order valence-corrected chi connectivity index (χ2v) is 3.34. The summed E-state index contributed by atoms with van der Waals surface area (Å²) in [6.45, 7) is 1.87. The van der Waals surface area contributed by atoms with Crippen molar-refractivity contribution in [2.24, 2.45) is 7.05 Å². The molecule has 1 aromatic heterocycles. The molecule has 3 nitrogen and oxygen atoms in total. The van der Waals surface area contributed by atoms with E-state index < -0.39 is 0 Å². The third kappa shape index (κ3) is 2.15. The number of rotatable bonds is 2. The number of aryl methyl sites for hydroxylation is 2. The second-order valence-electron chi connectivity index (χ2n) is 3.34. The lowest BCUT2D eigenvalue weighted by atomic mass is 10.3. The summed E-state index contributed by atoms with van der Waals surface area (Å²) in [6, 6.07) is 6.44. The van der Waals surface area contributed by atoms with Crippen LogP contribution in [0, 0.1) is 12.7 Å². The van der Waals surface area contributed by atoms with Crippen molar-refractivity contribution >= 4 is 0 Å². The maximum absolute atomic E-state index is 12.9. The van der Waals surface area contributed by atoms with E-state index in [2.05, 4.69) is 4.98 Å². The fourth-order valence-electron chi connectivity index (χ4n) is 1.32. The number of nitrogens with zero attached hydrogens (tertiary/aromatic N) is 2. The molecule has 2 rings (SSSR count). The Kier molecular flexibility index (Phi) is 2.41. The average Bonchev–Trinajstić information content (AvgIpc) is 2.45. The standard InChI is InChI=1S/C11H11FN2O/c1-8-7-14(2)11(13-8)15-10-5-3-4-9(12)6-10/h3-7H,1-2H3. The molecule has 0 saturated carbocycles. The maximum atomic E-state index is 12.9. The number of halogens is 1. The summed E-state index contributed by atoms with van der Waals surface area (Å²) in [5.41, 5.74) is 0.865. The minimum Gasteiger partial charge on any atom is -0.425 e. The zero-order valence-electron chi connectivity index (χ0n) is 8.57. The molecule has 0 spiro atoms. The molecule has 0 unspecified atom stereocenters. The molecule has 0 amide bonds. The van der Waals surface area contributed by atoms with Crippen LogP contribution in [0.3, 0.4) is 0 Å². The first kappa shape index (κ1) is 9.71. The van der Waals surface area contributed by atoms with E-state index in [1.165, 1.54) is 12.1 Å². The summed E-state index contributed by atoms with van der Waals surface area (Å²) in [5, 5.41) is 0. The van der Waals surface area contributed by atoms with Gasteiger partial charge < -0.3 is 9.30 Å². The minimum atomic E-state index is -0.321. The van der Waals surface area contributed by atoms with Crippen LogP contribution in [0.4, 0.5) is 4.39 Å². The first-order chi connectivity index (χ1) is 7.15. The summed E-state index contributed by atoms with van der Waals surface area (Å²) >= 11 is 0. The van der Waals surface area contributed by atoms with Gasteiger partial charge in [-0.3, -0.25) is 0 Å². The number of imidazole rings is 1. The van der Waals surface area contributed by atoms with E-state index in [1.54, 1.807) is 16.7 Å². The third-order valence-electron chi connectivity index (χ3n) is 1.96. The molecule has 0 aliphatic carbocycles. The van der Waals surface area contributed by atoms with E-state index in [4.69, 9.17) is 4.74 Å². The van der Waals surface area contributed by atoms with Crippen LogP contribution in [0.5, 0.6) is 11.8 Å². The highest BCUT2D eigenvalue weighted by molar-refractivity contribution is 5.25. The Hall–Kier alpha value is -1.84. The summed E-state index contributed by atoms with van der Waals surface area (Å²) < 4.78 is 20.0. The maximum Gasteiger partial charge on any atom is 0.301 e. The van der Waals surface area contributed by atoms with Crippen LogP contribution < -0.4 is 4.74 Å². The SMILES string of the molecule is Cc1cn(C)c(Oc2cccc(F)c2)n1. The molecule has 0 aliphatic heterocycles. The molecule has 78 valence electrons. The molecule has 0 fully saturated rings. The largest absolute Gasteiger partial charge is 0.425 e. The van der Waals surface area contributed by atoms with Gasteiger partial charge in [0.1, 0.15) is 11.6 Å². The predicted octanol–water partition coefficient (Wildman–Crippen LogP) is 2.66. The molecule has 1 heterocycles. The van der Waals surface area contributed by atoms with Crippen LogP contribution in [0.2, 0.25) is 0 Å². The van der Waals surface area contributed by atoms with Gasteiger partial charge in [-0.05, 0) is 19.1 Å². The Morgan fingerprint density at radius 1 is 1.40 bits per heavy atom. The van der Waals surface area contributed by atoms with Crippen molar-refractivity contribution in [1.82, 2.24) is 9.55 Å². The van der Waals surface area contributed by atoms with Crippen LogP contribution in [-0.2, 0) is 7.05 Å². The Morgan fingerprint density at radius 2 is 2.20 bits per heavy atom. The molecule has 0 saturated heterocycles. The van der Waals surface area contributed by atoms with Crippen LogP contribution in [-0.4, -0.2) is 9.55 Å². The summed E-state index contributed by atoms with van der Waals surface area (Å²) in [7, 11) is 1.83. The first-order valence-electron chi connectivity index (χ1n) is 4.58. The zero-order valence-corrected chi connectivity index (χ0v) is 8.57. The molecule has 4 heteroatoms. The van der Waals surface area contributed by atoms with Gasteiger partial charge in [-0.15, -0.1) is 0 Å². The quantitative estimate of drug-likeness (QED) is 0.755. The van der Waals surface area contributed by atoms with E-state index in [0.717, 1.165) is 5.69 Å². The van der Waals surface area contributed by atoms with E-state index in [-0.39, 0.29) is 5.82 Å².